The van der Waals surface area contributed by atoms with Crippen LogP contribution in [-0.4, -0.2) is 61.9 Å². The zero-order chi connectivity index (χ0) is 44.3. The molecule has 22 heteroatoms. The quantitative estimate of drug-likeness (QED) is 0.0940. The third-order valence-electron chi connectivity index (χ3n) is 7.64. The minimum atomic E-state index is -5.08. The molecule has 1 unspecified atom stereocenters. The second-order valence-corrected chi connectivity index (χ2v) is 12.3. The lowest BCUT2D eigenvalue weighted by atomic mass is 10.0. The van der Waals surface area contributed by atoms with Crippen molar-refractivity contribution in [1.29, 1.82) is 0 Å². The molecule has 3 heterocycles. The highest BCUT2D eigenvalue weighted by Gasteiger charge is 2.39. The number of nitrogens with one attached hydrogen (secondary N) is 3. The fraction of sp³-hybridized carbons (Fsp3) is 0.158. The number of halogens is 10. The zero-order valence-corrected chi connectivity index (χ0v) is 30.8. The Morgan fingerprint density at radius 3 is 2.02 bits per heavy atom. The number of pyridine rings is 1. The van der Waals surface area contributed by atoms with Crippen molar-refractivity contribution in [3.05, 3.63) is 136 Å². The number of alkyl halides is 9. The number of carboxylic acid groups (broad SMARTS) is 2. The molecule has 5 aromatic rings. The first-order chi connectivity index (χ1) is 28.1. The number of ether oxygens (including phenoxy) is 1. The number of aliphatic carboxylic acids is 2. The maximum Gasteiger partial charge on any atom is 0.490 e. The Kier molecular flexibility index (Phi) is 15.0. The summed E-state index contributed by atoms with van der Waals surface area (Å²) in [6.07, 6.45) is -9.40. The highest BCUT2D eigenvalue weighted by Crippen LogP contribution is 2.37. The highest BCUT2D eigenvalue weighted by molar-refractivity contribution is 6.32. The van der Waals surface area contributed by atoms with Gasteiger partial charge in [-0.25, -0.2) is 19.6 Å². The monoisotopic (exact) mass is 870 g/mol. The Labute approximate surface area is 337 Å². The summed E-state index contributed by atoms with van der Waals surface area (Å²) in [5.41, 5.74) is 2.39. The molecule has 0 saturated carbocycles. The van der Waals surface area contributed by atoms with E-state index in [-0.39, 0.29) is 22.4 Å². The van der Waals surface area contributed by atoms with Crippen molar-refractivity contribution < 1.29 is 68.8 Å². The molecule has 1 aliphatic heterocycles. The van der Waals surface area contributed by atoms with Crippen molar-refractivity contribution in [3.8, 4) is 11.5 Å². The molecule has 1 amide bonds. The fourth-order valence-corrected chi connectivity index (χ4v) is 5.14. The van der Waals surface area contributed by atoms with Gasteiger partial charge in [-0.15, -0.1) is 0 Å². The molecule has 3 aromatic carbocycles. The van der Waals surface area contributed by atoms with E-state index in [0.29, 0.717) is 47.1 Å². The Hall–Kier alpha value is -6.90. The molecule has 0 radical (unpaired) electrons. The van der Waals surface area contributed by atoms with Crippen LogP contribution in [0.2, 0.25) is 5.02 Å². The number of nitrogens with zero attached hydrogens (tertiary/aromatic N) is 3. The first-order valence-corrected chi connectivity index (χ1v) is 17.1. The van der Waals surface area contributed by atoms with Gasteiger partial charge in [-0.05, 0) is 66.6 Å². The summed E-state index contributed by atoms with van der Waals surface area (Å²) in [6.45, 7) is 0.468. The standard InChI is InChI=1S/C34H26ClF3N6O2.2C2HF3O2/c35-27-19-24(12-13-29(27)46-25-10-6-9-23(18-25)34(36,37)38)43-32-26-17-22(14-16-40-31(26)41-20-42-32)33(45)44-30(21-7-2-1-3-8-21)28-11-4-5-15-39-28;2*3-2(4,5)1(6)7/h1-13,15,17-20,30H,14,16H2,(H,44,45)(H2,40,41,42,43);2*(H,6,7). The van der Waals surface area contributed by atoms with Crippen LogP contribution in [0.4, 0.5) is 56.8 Å². The van der Waals surface area contributed by atoms with Crippen molar-refractivity contribution in [3.63, 3.8) is 0 Å². The average Bonchev–Trinajstić information content (AvgIpc) is 3.42. The Morgan fingerprint density at radius 1 is 0.783 bits per heavy atom. The van der Waals surface area contributed by atoms with E-state index in [1.807, 2.05) is 48.5 Å². The van der Waals surface area contributed by atoms with Crippen LogP contribution in [0.3, 0.4) is 0 Å². The van der Waals surface area contributed by atoms with E-state index in [4.69, 9.17) is 36.1 Å². The van der Waals surface area contributed by atoms with Crippen LogP contribution >= 0.6 is 11.6 Å². The van der Waals surface area contributed by atoms with Gasteiger partial charge in [-0.1, -0.05) is 54.1 Å². The lowest BCUT2D eigenvalue weighted by Gasteiger charge is -2.20. The number of carbonyl (C=O) groups is 3. The van der Waals surface area contributed by atoms with Crippen LogP contribution < -0.4 is 20.7 Å². The molecule has 0 fully saturated rings. The molecule has 5 N–H and O–H groups in total. The summed E-state index contributed by atoms with van der Waals surface area (Å²) >= 11 is 6.46. The summed E-state index contributed by atoms with van der Waals surface area (Å²) in [7, 11) is 0. The van der Waals surface area contributed by atoms with Gasteiger partial charge in [0.15, 0.2) is 0 Å². The van der Waals surface area contributed by atoms with Crippen LogP contribution in [0.15, 0.2) is 109 Å². The van der Waals surface area contributed by atoms with Crippen LogP contribution in [0.5, 0.6) is 11.5 Å². The molecule has 0 aliphatic carbocycles. The van der Waals surface area contributed by atoms with Crippen LogP contribution in [0, 0.1) is 0 Å². The molecule has 6 rings (SSSR count). The lowest BCUT2D eigenvalue weighted by Crippen LogP contribution is -2.31. The van der Waals surface area contributed by atoms with Gasteiger partial charge in [0.1, 0.15) is 29.5 Å². The number of rotatable bonds is 8. The van der Waals surface area contributed by atoms with E-state index in [1.54, 1.807) is 30.5 Å². The molecule has 1 atom stereocenters. The second kappa shape index (κ2) is 19.7. The maximum atomic E-state index is 13.7. The average molecular weight is 871 g/mol. The lowest BCUT2D eigenvalue weighted by molar-refractivity contribution is -0.193. The van der Waals surface area contributed by atoms with Gasteiger partial charge in [0.05, 0.1) is 27.9 Å². The largest absolute Gasteiger partial charge is 0.490 e. The Balaban J connectivity index is 0.000000488. The minimum absolute atomic E-state index is 0.00174. The van der Waals surface area contributed by atoms with Crippen molar-refractivity contribution in [2.24, 2.45) is 0 Å². The molecule has 0 bridgehead atoms. The van der Waals surface area contributed by atoms with Gasteiger partial charge in [0.2, 0.25) is 5.91 Å². The first kappa shape index (κ1) is 45.8. The number of aromatic nitrogens is 3. The minimum Gasteiger partial charge on any atom is -0.475 e. The Bertz CT molecular complexity index is 2250. The van der Waals surface area contributed by atoms with Crippen molar-refractivity contribution in [2.45, 2.75) is 31.0 Å². The first-order valence-electron chi connectivity index (χ1n) is 16.7. The smallest absolute Gasteiger partial charge is 0.475 e. The number of amides is 1. The molecule has 0 spiro atoms. The van der Waals surface area contributed by atoms with Crippen LogP contribution in [0.1, 0.15) is 34.8 Å². The number of benzene rings is 3. The molecule has 316 valence electrons. The third kappa shape index (κ3) is 13.3. The molecular weight excluding hydrogens is 843 g/mol. The number of carboxylic acids is 2. The molecule has 0 saturated heterocycles. The van der Waals surface area contributed by atoms with Gasteiger partial charge in [0, 0.05) is 24.0 Å². The number of fused-ring (bicyclic) bond motifs is 1. The normalized spacial score (nSPS) is 12.9. The summed E-state index contributed by atoms with van der Waals surface area (Å²) in [4.78, 5) is 44.7. The number of hydrogen-bond acceptors (Lipinski definition) is 9. The third-order valence-corrected chi connectivity index (χ3v) is 7.94. The van der Waals surface area contributed by atoms with E-state index in [1.165, 1.54) is 18.5 Å². The van der Waals surface area contributed by atoms with Crippen LogP contribution in [0.25, 0.3) is 6.08 Å². The van der Waals surface area contributed by atoms with Gasteiger partial charge in [0.25, 0.3) is 0 Å². The van der Waals surface area contributed by atoms with Crippen molar-refractivity contribution in [1.82, 2.24) is 20.3 Å². The summed E-state index contributed by atoms with van der Waals surface area (Å²) in [5.74, 6) is -4.65. The number of hydrogen-bond donors (Lipinski definition) is 5. The summed E-state index contributed by atoms with van der Waals surface area (Å²) < 4.78 is 108. The molecule has 12 nitrogen and oxygen atoms in total. The topological polar surface area (TPSA) is 176 Å². The SMILES string of the molecule is O=C(NC(c1ccccc1)c1ccccn1)C1=Cc2c(ncnc2Nc2ccc(Oc3cccc(C(F)(F)F)c3)c(Cl)c2)NCC1.O=C(O)C(F)(F)F.O=C(O)C(F)(F)F. The van der Waals surface area contributed by atoms with Gasteiger partial charge in [-0.3, -0.25) is 9.78 Å². The Morgan fingerprint density at radius 2 is 1.43 bits per heavy atom. The predicted octanol–water partition coefficient (Wildman–Crippen LogP) is 9.45. The molecule has 60 heavy (non-hydrogen) atoms. The van der Waals surface area contributed by atoms with E-state index in [2.05, 4.69) is 30.9 Å². The number of carbonyl (C=O) groups excluding carboxylic acids is 1. The van der Waals surface area contributed by atoms with Crippen molar-refractivity contribution >= 4 is 52.8 Å². The molecule has 1 aliphatic rings. The number of anilines is 3. The fourth-order valence-electron chi connectivity index (χ4n) is 4.92. The van der Waals surface area contributed by atoms with E-state index < -0.39 is 42.1 Å². The molecular formula is C38H28ClF9N6O6. The van der Waals surface area contributed by atoms with Gasteiger partial charge >= 0.3 is 30.5 Å². The zero-order valence-electron chi connectivity index (χ0n) is 30.0. The van der Waals surface area contributed by atoms with Crippen LogP contribution in [-0.2, 0) is 20.6 Å². The van der Waals surface area contributed by atoms with Crippen molar-refractivity contribution in [2.75, 3.05) is 17.2 Å². The summed E-state index contributed by atoms with van der Waals surface area (Å²) in [5, 5.41) is 24.0. The second-order valence-electron chi connectivity index (χ2n) is 11.9. The van der Waals surface area contributed by atoms with E-state index >= 15 is 0 Å². The van der Waals surface area contributed by atoms with Gasteiger partial charge < -0.3 is 30.9 Å². The summed E-state index contributed by atoms with van der Waals surface area (Å²) in [6, 6.07) is 24.0. The van der Waals surface area contributed by atoms with Gasteiger partial charge in [-0.2, -0.15) is 39.5 Å². The van der Waals surface area contributed by atoms with E-state index in [0.717, 1.165) is 17.7 Å². The molecule has 2 aromatic heterocycles. The maximum absolute atomic E-state index is 13.7. The van der Waals surface area contributed by atoms with E-state index in [9.17, 15) is 44.3 Å². The highest BCUT2D eigenvalue weighted by atomic mass is 35.5. The predicted molar refractivity (Wildman–Crippen MR) is 197 cm³/mol.